The fourth-order valence-corrected chi connectivity index (χ4v) is 4.14. The first-order valence-electron chi connectivity index (χ1n) is 7.39. The maximum Gasteiger partial charge on any atom is 0.243 e. The molecule has 0 bridgehead atoms. The molecule has 2 aromatic rings. The summed E-state index contributed by atoms with van der Waals surface area (Å²) in [7, 11) is -3.76. The average molecular weight is 353 g/mol. The van der Waals surface area contributed by atoms with Crippen LogP contribution in [0.5, 0.6) is 0 Å². The summed E-state index contributed by atoms with van der Waals surface area (Å²) in [6, 6.07) is 4.65. The lowest BCUT2D eigenvalue weighted by molar-refractivity contribution is -0.120. The van der Waals surface area contributed by atoms with E-state index < -0.39 is 21.8 Å². The normalized spacial score (nSPS) is 19.1. The van der Waals surface area contributed by atoms with Crippen LogP contribution in [0.3, 0.4) is 0 Å². The van der Waals surface area contributed by atoms with Gasteiger partial charge in [-0.1, -0.05) is 0 Å². The standard InChI is InChI=1S/C14H16FN5O3S/c15-11-3-5-12(6-4-11)24(22,23)20-7-1-2-10(8-20)13(21)18-14-16-9-17-19-14/h3-6,9-10H,1-2,7-8H2,(H2,16,17,18,19,21)/t10-/m0/s1. The van der Waals surface area contributed by atoms with Crippen LogP contribution in [0.4, 0.5) is 10.3 Å². The Morgan fingerprint density at radius 2 is 2.08 bits per heavy atom. The Kier molecular flexibility index (Phi) is 4.58. The van der Waals surface area contributed by atoms with Gasteiger partial charge in [0.05, 0.1) is 10.8 Å². The van der Waals surface area contributed by atoms with Crippen molar-refractivity contribution in [2.24, 2.45) is 5.92 Å². The van der Waals surface area contributed by atoms with E-state index in [1.54, 1.807) is 0 Å². The molecule has 1 aromatic heterocycles. The van der Waals surface area contributed by atoms with Crippen molar-refractivity contribution in [1.82, 2.24) is 19.5 Å². The Balaban J connectivity index is 1.72. The van der Waals surface area contributed by atoms with E-state index in [1.807, 2.05) is 0 Å². The summed E-state index contributed by atoms with van der Waals surface area (Å²) in [6.45, 7) is 0.394. The summed E-state index contributed by atoms with van der Waals surface area (Å²) < 4.78 is 39.5. The lowest BCUT2D eigenvalue weighted by Crippen LogP contribution is -2.43. The van der Waals surface area contributed by atoms with E-state index in [2.05, 4.69) is 20.5 Å². The number of hydrogen-bond acceptors (Lipinski definition) is 5. The van der Waals surface area contributed by atoms with Crippen molar-refractivity contribution in [3.8, 4) is 0 Å². The van der Waals surface area contributed by atoms with Gasteiger partial charge in [-0.25, -0.2) is 17.9 Å². The minimum Gasteiger partial charge on any atom is -0.295 e. The van der Waals surface area contributed by atoms with Crippen LogP contribution in [-0.2, 0) is 14.8 Å². The third-order valence-electron chi connectivity index (χ3n) is 3.86. The van der Waals surface area contributed by atoms with E-state index in [0.29, 0.717) is 19.4 Å². The van der Waals surface area contributed by atoms with Gasteiger partial charge in [0, 0.05) is 13.1 Å². The van der Waals surface area contributed by atoms with Gasteiger partial charge in [0.15, 0.2) is 0 Å². The molecule has 2 heterocycles. The lowest BCUT2D eigenvalue weighted by Gasteiger charge is -2.31. The number of hydrogen-bond donors (Lipinski definition) is 2. The summed E-state index contributed by atoms with van der Waals surface area (Å²) in [6.07, 6.45) is 2.41. The first kappa shape index (κ1) is 16.5. The summed E-state index contributed by atoms with van der Waals surface area (Å²) in [4.78, 5) is 16.1. The van der Waals surface area contributed by atoms with Gasteiger partial charge in [0.25, 0.3) is 0 Å². The lowest BCUT2D eigenvalue weighted by atomic mass is 9.99. The zero-order valence-corrected chi connectivity index (χ0v) is 13.5. The minimum atomic E-state index is -3.76. The third-order valence-corrected chi connectivity index (χ3v) is 5.74. The van der Waals surface area contributed by atoms with Crippen LogP contribution in [0.15, 0.2) is 35.5 Å². The second-order valence-electron chi connectivity index (χ2n) is 5.48. The molecule has 10 heteroatoms. The molecule has 1 aromatic carbocycles. The number of carbonyl (C=O) groups excluding carboxylic acids is 1. The van der Waals surface area contributed by atoms with Crippen LogP contribution in [0, 0.1) is 11.7 Å². The Labute approximate surface area is 138 Å². The molecule has 2 N–H and O–H groups in total. The van der Waals surface area contributed by atoms with E-state index in [4.69, 9.17) is 0 Å². The highest BCUT2D eigenvalue weighted by Crippen LogP contribution is 2.24. The monoisotopic (exact) mass is 353 g/mol. The maximum atomic E-state index is 13.0. The average Bonchev–Trinajstić information content (AvgIpc) is 3.08. The zero-order chi connectivity index (χ0) is 17.2. The minimum absolute atomic E-state index is 0.0141. The van der Waals surface area contributed by atoms with Crippen LogP contribution in [-0.4, -0.2) is 46.9 Å². The number of nitrogens with one attached hydrogen (secondary N) is 2. The molecule has 1 amide bonds. The molecule has 0 saturated carbocycles. The fraction of sp³-hybridized carbons (Fsp3) is 0.357. The topological polar surface area (TPSA) is 108 Å². The molecule has 3 rings (SSSR count). The first-order chi connectivity index (χ1) is 11.5. The van der Waals surface area contributed by atoms with Crippen molar-refractivity contribution in [2.45, 2.75) is 17.7 Å². The predicted octanol–water partition coefficient (Wildman–Crippen LogP) is 0.983. The number of H-pyrrole nitrogens is 1. The molecule has 8 nitrogen and oxygen atoms in total. The second kappa shape index (κ2) is 6.65. The summed E-state index contributed by atoms with van der Waals surface area (Å²) in [5, 5.41) is 8.72. The van der Waals surface area contributed by atoms with E-state index in [0.717, 1.165) is 12.1 Å². The molecule has 128 valence electrons. The largest absolute Gasteiger partial charge is 0.295 e. The zero-order valence-electron chi connectivity index (χ0n) is 12.6. The maximum absolute atomic E-state index is 13.0. The number of rotatable bonds is 4. The molecule has 1 fully saturated rings. The fourth-order valence-electron chi connectivity index (χ4n) is 2.61. The van der Waals surface area contributed by atoms with Crippen LogP contribution in [0.1, 0.15) is 12.8 Å². The van der Waals surface area contributed by atoms with Crippen molar-refractivity contribution < 1.29 is 17.6 Å². The number of benzene rings is 1. The van der Waals surface area contributed by atoms with Gasteiger partial charge in [-0.3, -0.25) is 10.1 Å². The van der Waals surface area contributed by atoms with E-state index in [1.165, 1.54) is 22.8 Å². The SMILES string of the molecule is O=C(Nc1ncn[nH]1)[C@H]1CCCN(S(=O)(=O)c2ccc(F)cc2)C1. The summed E-state index contributed by atoms with van der Waals surface area (Å²) in [5.41, 5.74) is 0. The van der Waals surface area contributed by atoms with Gasteiger partial charge in [0.1, 0.15) is 12.1 Å². The highest BCUT2D eigenvalue weighted by Gasteiger charge is 2.33. The quantitative estimate of drug-likeness (QED) is 0.852. The van der Waals surface area contributed by atoms with Crippen molar-refractivity contribution in [3.63, 3.8) is 0 Å². The number of halogens is 1. The van der Waals surface area contributed by atoms with E-state index >= 15 is 0 Å². The van der Waals surface area contributed by atoms with Gasteiger partial charge >= 0.3 is 0 Å². The number of carbonyl (C=O) groups is 1. The number of anilines is 1. The molecule has 0 unspecified atom stereocenters. The molecule has 0 spiro atoms. The number of aromatic nitrogens is 3. The molecule has 0 radical (unpaired) electrons. The van der Waals surface area contributed by atoms with Gasteiger partial charge < -0.3 is 0 Å². The van der Waals surface area contributed by atoms with Crippen LogP contribution < -0.4 is 5.32 Å². The Bertz CT molecular complexity index is 807. The first-order valence-corrected chi connectivity index (χ1v) is 8.83. The molecule has 1 atom stereocenters. The van der Waals surface area contributed by atoms with Crippen LogP contribution in [0.25, 0.3) is 0 Å². The van der Waals surface area contributed by atoms with E-state index in [-0.39, 0.29) is 23.3 Å². The van der Waals surface area contributed by atoms with Gasteiger partial charge in [-0.2, -0.15) is 14.4 Å². The molecule has 1 aliphatic rings. The highest BCUT2D eigenvalue weighted by molar-refractivity contribution is 7.89. The van der Waals surface area contributed by atoms with Gasteiger partial charge in [0.2, 0.25) is 21.9 Å². The predicted molar refractivity (Wildman–Crippen MR) is 82.9 cm³/mol. The molecule has 24 heavy (non-hydrogen) atoms. The smallest absolute Gasteiger partial charge is 0.243 e. The van der Waals surface area contributed by atoms with Crippen molar-refractivity contribution >= 4 is 21.9 Å². The Hall–Kier alpha value is -2.33. The summed E-state index contributed by atoms with van der Waals surface area (Å²) in [5.74, 6) is -1.08. The number of amides is 1. The van der Waals surface area contributed by atoms with E-state index in [9.17, 15) is 17.6 Å². The van der Waals surface area contributed by atoms with Crippen molar-refractivity contribution in [1.29, 1.82) is 0 Å². The van der Waals surface area contributed by atoms with Crippen LogP contribution >= 0.6 is 0 Å². The molecule has 1 aliphatic heterocycles. The second-order valence-corrected chi connectivity index (χ2v) is 7.42. The molecular weight excluding hydrogens is 337 g/mol. The summed E-state index contributed by atoms with van der Waals surface area (Å²) >= 11 is 0. The van der Waals surface area contributed by atoms with Crippen LogP contribution in [0.2, 0.25) is 0 Å². The van der Waals surface area contributed by atoms with Gasteiger partial charge in [-0.05, 0) is 37.1 Å². The van der Waals surface area contributed by atoms with Gasteiger partial charge in [-0.15, -0.1) is 0 Å². The number of sulfonamides is 1. The number of nitrogens with zero attached hydrogens (tertiary/aromatic N) is 3. The number of piperidine rings is 1. The molecular formula is C14H16FN5O3S. The third kappa shape index (κ3) is 3.44. The highest BCUT2D eigenvalue weighted by atomic mass is 32.2. The Morgan fingerprint density at radius 3 is 2.75 bits per heavy atom. The number of aromatic amines is 1. The van der Waals surface area contributed by atoms with Crippen molar-refractivity contribution in [2.75, 3.05) is 18.4 Å². The Morgan fingerprint density at radius 1 is 1.33 bits per heavy atom. The van der Waals surface area contributed by atoms with Crippen molar-refractivity contribution in [3.05, 3.63) is 36.4 Å². The molecule has 1 saturated heterocycles. The molecule has 0 aliphatic carbocycles.